The van der Waals surface area contributed by atoms with Gasteiger partial charge in [-0.2, -0.15) is 0 Å². The van der Waals surface area contributed by atoms with E-state index in [-0.39, 0.29) is 0 Å². The molecule has 0 bridgehead atoms. The van der Waals surface area contributed by atoms with Crippen LogP contribution in [-0.2, 0) is 0 Å². The summed E-state index contributed by atoms with van der Waals surface area (Å²) in [7, 11) is 10.3. The van der Waals surface area contributed by atoms with Crippen LogP contribution in [0.15, 0.2) is 51.2 Å². The number of hydrogen-bond donors (Lipinski definition) is 0. The molecular formula is C16H18BN3S. The Labute approximate surface area is 130 Å². The Kier molecular flexibility index (Phi) is 3.76. The molecule has 0 N–H and O–H groups in total. The van der Waals surface area contributed by atoms with Gasteiger partial charge in [-0.15, -0.1) is 0 Å². The summed E-state index contributed by atoms with van der Waals surface area (Å²) in [6, 6.07) is 12.8. The quantitative estimate of drug-likeness (QED) is 0.677. The van der Waals surface area contributed by atoms with Crippen LogP contribution in [0.2, 0.25) is 0 Å². The fourth-order valence-electron chi connectivity index (χ4n) is 2.29. The van der Waals surface area contributed by atoms with E-state index in [2.05, 4.69) is 67.3 Å². The molecule has 0 fully saturated rings. The van der Waals surface area contributed by atoms with Gasteiger partial charge in [0, 0.05) is 0 Å². The van der Waals surface area contributed by atoms with Gasteiger partial charge in [0.15, 0.2) is 0 Å². The summed E-state index contributed by atoms with van der Waals surface area (Å²) in [5.41, 5.74) is 2.26. The van der Waals surface area contributed by atoms with Crippen molar-refractivity contribution < 1.29 is 0 Å². The topological polar surface area (TPSA) is 18.8 Å². The molecule has 3 rings (SSSR count). The molecule has 0 saturated carbocycles. The van der Waals surface area contributed by atoms with Gasteiger partial charge >= 0.3 is 130 Å². The molecular weight excluding hydrogens is 277 g/mol. The van der Waals surface area contributed by atoms with Gasteiger partial charge in [0.25, 0.3) is 0 Å². The van der Waals surface area contributed by atoms with Gasteiger partial charge in [-0.1, -0.05) is 0 Å². The molecule has 1 aliphatic heterocycles. The van der Waals surface area contributed by atoms with Gasteiger partial charge in [-0.3, -0.25) is 0 Å². The van der Waals surface area contributed by atoms with Gasteiger partial charge in [-0.05, 0) is 0 Å². The summed E-state index contributed by atoms with van der Waals surface area (Å²) in [5.74, 6) is 0. The average Bonchev–Trinajstić information content (AvgIpc) is 2.43. The van der Waals surface area contributed by atoms with E-state index in [4.69, 9.17) is 4.99 Å². The van der Waals surface area contributed by atoms with Crippen molar-refractivity contribution in [1.82, 2.24) is 4.81 Å². The van der Waals surface area contributed by atoms with Crippen LogP contribution in [0.1, 0.15) is 0 Å². The van der Waals surface area contributed by atoms with Crippen molar-refractivity contribution in [2.24, 2.45) is 4.99 Å². The minimum absolute atomic E-state index is 1.06. The minimum atomic E-state index is 1.06. The molecule has 3 nitrogen and oxygen atoms in total. The first-order valence-electron chi connectivity index (χ1n) is 6.89. The first kappa shape index (κ1) is 14.2. The third-order valence-electron chi connectivity index (χ3n) is 3.31. The van der Waals surface area contributed by atoms with Gasteiger partial charge < -0.3 is 0 Å². The number of fused-ring (bicyclic) bond motifs is 2. The average molecular weight is 295 g/mol. The summed E-state index contributed by atoms with van der Waals surface area (Å²) in [6.07, 6.45) is 0. The summed E-state index contributed by atoms with van der Waals surface area (Å²) in [4.78, 5) is 11.4. The normalized spacial score (nSPS) is 12.9. The predicted molar refractivity (Wildman–Crippen MR) is 90.4 cm³/mol. The molecule has 0 amide bonds. The first-order chi connectivity index (χ1) is 10.0. The number of nitrogens with zero attached hydrogens (tertiary/aromatic N) is 3. The van der Waals surface area contributed by atoms with E-state index in [1.54, 1.807) is 11.8 Å². The molecule has 0 aliphatic carbocycles. The van der Waals surface area contributed by atoms with Crippen molar-refractivity contribution in [2.45, 2.75) is 9.79 Å². The Bertz CT molecular complexity index is 800. The summed E-state index contributed by atoms with van der Waals surface area (Å²) >= 11 is 1.80. The Morgan fingerprint density at radius 3 is 2.48 bits per heavy atom. The molecule has 0 radical (unpaired) electrons. The monoisotopic (exact) mass is 295 g/mol. The predicted octanol–water partition coefficient (Wildman–Crippen LogP) is 2.60. The van der Waals surface area contributed by atoms with E-state index in [9.17, 15) is 0 Å². The molecule has 0 atom stereocenters. The van der Waals surface area contributed by atoms with Crippen LogP contribution in [0.5, 0.6) is 0 Å². The Hall–Kier alpha value is -1.75. The Morgan fingerprint density at radius 1 is 0.952 bits per heavy atom. The van der Waals surface area contributed by atoms with Crippen LogP contribution >= 0.6 is 11.8 Å². The molecule has 2 aromatic carbocycles. The molecule has 1 aliphatic rings. The van der Waals surface area contributed by atoms with Crippen molar-refractivity contribution in [3.63, 3.8) is 0 Å². The van der Waals surface area contributed by atoms with Crippen LogP contribution < -0.4 is 10.3 Å². The van der Waals surface area contributed by atoms with Crippen molar-refractivity contribution in [1.29, 1.82) is 0 Å². The fourth-order valence-corrected chi connectivity index (χ4v) is 3.33. The second kappa shape index (κ2) is 5.56. The Balaban J connectivity index is 2.09. The summed E-state index contributed by atoms with van der Waals surface area (Å²) in [5, 5.41) is 2.26. The molecule has 2 aromatic rings. The van der Waals surface area contributed by atoms with Crippen LogP contribution in [0, 0.1) is 5.11 Å². The van der Waals surface area contributed by atoms with Gasteiger partial charge in [0.1, 0.15) is 0 Å². The van der Waals surface area contributed by atoms with E-state index in [0.717, 1.165) is 11.0 Å². The number of benzene rings is 2. The van der Waals surface area contributed by atoms with Crippen LogP contribution in [0.25, 0.3) is 0 Å². The molecule has 0 aromatic heterocycles. The van der Waals surface area contributed by atoms with Gasteiger partial charge in [-0.25, -0.2) is 0 Å². The second-order valence-corrected chi connectivity index (χ2v) is 6.66. The van der Waals surface area contributed by atoms with Crippen molar-refractivity contribution in [2.75, 3.05) is 33.1 Å². The van der Waals surface area contributed by atoms with Gasteiger partial charge in [0.2, 0.25) is 0 Å². The van der Waals surface area contributed by atoms with Crippen molar-refractivity contribution in [3.8, 4) is 0 Å². The van der Waals surface area contributed by atoms with Crippen LogP contribution in [0.3, 0.4) is 0 Å². The van der Waals surface area contributed by atoms with E-state index >= 15 is 0 Å². The Morgan fingerprint density at radius 2 is 1.76 bits per heavy atom. The van der Waals surface area contributed by atoms with E-state index in [0.29, 0.717) is 0 Å². The molecule has 0 saturated heterocycles. The zero-order chi connectivity index (χ0) is 15.0. The van der Waals surface area contributed by atoms with Gasteiger partial charge in [0.05, 0.1) is 0 Å². The molecule has 0 unspecified atom stereocenters. The zero-order valence-corrected chi connectivity index (χ0v) is 13.6. The number of hydrogen-bond acceptors (Lipinski definition) is 4. The van der Waals surface area contributed by atoms with Crippen LogP contribution in [-0.4, -0.2) is 40.1 Å². The third kappa shape index (κ3) is 2.98. The van der Waals surface area contributed by atoms with Crippen molar-refractivity contribution >= 4 is 30.2 Å². The second-order valence-electron chi connectivity index (χ2n) is 5.58. The van der Waals surface area contributed by atoms with E-state index < -0.39 is 0 Å². The van der Waals surface area contributed by atoms with E-state index in [1.165, 1.54) is 20.6 Å². The fraction of sp³-hybridized carbons (Fsp3) is 0.250. The number of anilines is 1. The SMILES string of the molecule is CN(C)B=c1ccc2c(c1)Sc1cc(N(C)C)ccc1N=2. The molecule has 0 spiro atoms. The maximum atomic E-state index is 4.76. The zero-order valence-electron chi connectivity index (χ0n) is 12.8. The standard InChI is InChI=1S/C16H18BN3S/c1-19(2)12-6-8-14-16(10-12)21-15-9-11(17-20(3)4)5-7-13(15)18-14/h5-10H,1-4H3. The van der Waals surface area contributed by atoms with E-state index in [1.807, 2.05) is 14.1 Å². The van der Waals surface area contributed by atoms with Crippen molar-refractivity contribution in [3.05, 3.63) is 46.9 Å². The van der Waals surface area contributed by atoms with Crippen LogP contribution in [0.4, 0.5) is 11.4 Å². The summed E-state index contributed by atoms with van der Waals surface area (Å²) < 4.78 is 0. The third-order valence-corrected chi connectivity index (χ3v) is 4.41. The molecule has 5 heteroatoms. The number of rotatable bonds is 2. The molecule has 106 valence electrons. The molecule has 21 heavy (non-hydrogen) atoms. The maximum absolute atomic E-state index is 4.76. The summed E-state index contributed by atoms with van der Waals surface area (Å²) in [6.45, 7) is 0. The first-order valence-corrected chi connectivity index (χ1v) is 7.71. The molecule has 1 heterocycles.